The van der Waals surface area contributed by atoms with E-state index in [2.05, 4.69) is 15.0 Å². The highest BCUT2D eigenvalue weighted by Crippen LogP contribution is 2.24. The van der Waals surface area contributed by atoms with Crippen molar-refractivity contribution in [3.63, 3.8) is 0 Å². The molecule has 1 N–H and O–H groups in total. The van der Waals surface area contributed by atoms with Crippen molar-refractivity contribution in [3.8, 4) is 0 Å². The number of methoxy groups -OCH3 is 1. The van der Waals surface area contributed by atoms with E-state index in [9.17, 15) is 9.59 Å². The zero-order chi connectivity index (χ0) is 13.8. The van der Waals surface area contributed by atoms with Crippen LogP contribution in [0.3, 0.4) is 0 Å². The Balaban J connectivity index is 2.24. The Labute approximate surface area is 118 Å². The number of ether oxygens (including phenoxy) is 1. The van der Waals surface area contributed by atoms with Gasteiger partial charge < -0.3 is 10.1 Å². The SMILES string of the molecule is COC(=O)c1ccc(Cl)c(NC(=O)c2cscn2)c1. The maximum Gasteiger partial charge on any atom is 0.337 e. The lowest BCUT2D eigenvalue weighted by Crippen LogP contribution is -2.13. The lowest BCUT2D eigenvalue weighted by Gasteiger charge is -2.07. The number of hydrogen-bond donors (Lipinski definition) is 1. The second kappa shape index (κ2) is 5.81. The van der Waals surface area contributed by atoms with Gasteiger partial charge in [0, 0.05) is 5.38 Å². The van der Waals surface area contributed by atoms with Gasteiger partial charge in [0.15, 0.2) is 0 Å². The number of hydrogen-bond acceptors (Lipinski definition) is 5. The van der Waals surface area contributed by atoms with E-state index in [1.807, 2.05) is 0 Å². The van der Waals surface area contributed by atoms with Crippen molar-refractivity contribution in [3.05, 3.63) is 45.4 Å². The summed E-state index contributed by atoms with van der Waals surface area (Å²) in [4.78, 5) is 27.1. The molecule has 0 aliphatic rings. The predicted octanol–water partition coefficient (Wildman–Crippen LogP) is 2.84. The summed E-state index contributed by atoms with van der Waals surface area (Å²) in [6, 6.07) is 4.50. The Morgan fingerprint density at radius 1 is 1.42 bits per heavy atom. The van der Waals surface area contributed by atoms with Crippen molar-refractivity contribution in [2.24, 2.45) is 0 Å². The molecule has 2 rings (SSSR count). The third kappa shape index (κ3) is 3.10. The molecule has 7 heteroatoms. The normalized spacial score (nSPS) is 10.0. The van der Waals surface area contributed by atoms with Crippen molar-refractivity contribution in [1.82, 2.24) is 4.98 Å². The van der Waals surface area contributed by atoms with Crippen LogP contribution in [0.1, 0.15) is 20.8 Å². The first kappa shape index (κ1) is 13.5. The molecular weight excluding hydrogens is 288 g/mol. The number of nitrogens with one attached hydrogen (secondary N) is 1. The summed E-state index contributed by atoms with van der Waals surface area (Å²) in [5, 5.41) is 4.55. The Morgan fingerprint density at radius 2 is 2.21 bits per heavy atom. The fourth-order valence-corrected chi connectivity index (χ4v) is 2.07. The molecule has 0 spiro atoms. The van der Waals surface area contributed by atoms with Crippen molar-refractivity contribution < 1.29 is 14.3 Å². The first-order valence-electron chi connectivity index (χ1n) is 5.19. The number of benzene rings is 1. The number of nitrogens with zero attached hydrogens (tertiary/aromatic N) is 1. The van der Waals surface area contributed by atoms with Crippen LogP contribution >= 0.6 is 22.9 Å². The first-order valence-corrected chi connectivity index (χ1v) is 6.51. The zero-order valence-corrected chi connectivity index (χ0v) is 11.4. The summed E-state index contributed by atoms with van der Waals surface area (Å²) < 4.78 is 4.60. The average Bonchev–Trinajstić information content (AvgIpc) is 2.94. The van der Waals surface area contributed by atoms with E-state index in [0.29, 0.717) is 22.0 Å². The fraction of sp³-hybridized carbons (Fsp3) is 0.0833. The molecule has 19 heavy (non-hydrogen) atoms. The molecule has 1 aromatic carbocycles. The lowest BCUT2D eigenvalue weighted by molar-refractivity contribution is 0.0600. The van der Waals surface area contributed by atoms with Crippen molar-refractivity contribution in [2.45, 2.75) is 0 Å². The standard InChI is InChI=1S/C12H9ClN2O3S/c1-18-12(17)7-2-3-8(13)9(4-7)15-11(16)10-5-19-6-14-10/h2-6H,1H3,(H,15,16). The van der Waals surface area contributed by atoms with Gasteiger partial charge in [0.1, 0.15) is 5.69 Å². The van der Waals surface area contributed by atoms with E-state index in [0.717, 1.165) is 0 Å². The van der Waals surface area contributed by atoms with E-state index < -0.39 is 5.97 Å². The minimum Gasteiger partial charge on any atom is -0.465 e. The van der Waals surface area contributed by atoms with Gasteiger partial charge in [-0.2, -0.15) is 0 Å². The largest absolute Gasteiger partial charge is 0.465 e. The summed E-state index contributed by atoms with van der Waals surface area (Å²) in [6.45, 7) is 0. The zero-order valence-electron chi connectivity index (χ0n) is 9.84. The number of carbonyl (C=O) groups is 2. The Kier molecular flexibility index (Phi) is 4.13. The molecule has 1 aromatic heterocycles. The molecule has 0 saturated heterocycles. The predicted molar refractivity (Wildman–Crippen MR) is 72.9 cm³/mol. The third-order valence-electron chi connectivity index (χ3n) is 2.30. The molecular formula is C12H9ClN2O3S. The number of carbonyl (C=O) groups excluding carboxylic acids is 2. The van der Waals surface area contributed by atoms with Gasteiger partial charge >= 0.3 is 5.97 Å². The molecule has 1 heterocycles. The Morgan fingerprint density at radius 3 is 2.84 bits per heavy atom. The highest BCUT2D eigenvalue weighted by atomic mass is 35.5. The Bertz CT molecular complexity index is 613. The molecule has 98 valence electrons. The molecule has 0 bridgehead atoms. The van der Waals surface area contributed by atoms with Crippen LogP contribution in [0.4, 0.5) is 5.69 Å². The molecule has 0 radical (unpaired) electrons. The van der Waals surface area contributed by atoms with Crippen LogP contribution < -0.4 is 5.32 Å². The molecule has 5 nitrogen and oxygen atoms in total. The van der Waals surface area contributed by atoms with Crippen LogP contribution in [-0.2, 0) is 4.74 Å². The van der Waals surface area contributed by atoms with Crippen LogP contribution in [0.25, 0.3) is 0 Å². The fourth-order valence-electron chi connectivity index (χ4n) is 1.38. The van der Waals surface area contributed by atoms with Crippen LogP contribution in [-0.4, -0.2) is 24.0 Å². The Hall–Kier alpha value is -1.92. The van der Waals surface area contributed by atoms with E-state index in [4.69, 9.17) is 11.6 Å². The number of aromatic nitrogens is 1. The molecule has 0 fully saturated rings. The minimum absolute atomic E-state index is 0.296. The molecule has 0 unspecified atom stereocenters. The van der Waals surface area contributed by atoms with Gasteiger partial charge in [0.05, 0.1) is 28.9 Å². The highest BCUT2D eigenvalue weighted by Gasteiger charge is 2.13. The summed E-state index contributed by atoms with van der Waals surface area (Å²) in [7, 11) is 1.28. The summed E-state index contributed by atoms with van der Waals surface area (Å²) in [5.74, 6) is -0.883. The molecule has 1 amide bonds. The van der Waals surface area contributed by atoms with Crippen LogP contribution in [0.15, 0.2) is 29.1 Å². The summed E-state index contributed by atoms with van der Waals surface area (Å²) in [5.41, 5.74) is 2.49. The number of amides is 1. The number of anilines is 1. The second-order valence-electron chi connectivity index (χ2n) is 3.51. The van der Waals surface area contributed by atoms with Gasteiger partial charge in [-0.25, -0.2) is 9.78 Å². The maximum atomic E-state index is 11.8. The third-order valence-corrected chi connectivity index (χ3v) is 3.22. The highest BCUT2D eigenvalue weighted by molar-refractivity contribution is 7.07. The number of thiazole rings is 1. The van der Waals surface area contributed by atoms with Gasteiger partial charge in [0.25, 0.3) is 5.91 Å². The number of rotatable bonds is 3. The van der Waals surface area contributed by atoms with E-state index in [-0.39, 0.29) is 5.91 Å². The molecule has 0 aliphatic heterocycles. The van der Waals surface area contributed by atoms with Gasteiger partial charge in [0.2, 0.25) is 0 Å². The maximum absolute atomic E-state index is 11.8. The van der Waals surface area contributed by atoms with Crippen LogP contribution in [0.5, 0.6) is 0 Å². The van der Waals surface area contributed by atoms with E-state index in [1.165, 1.54) is 36.6 Å². The lowest BCUT2D eigenvalue weighted by atomic mass is 10.2. The van der Waals surface area contributed by atoms with Gasteiger partial charge in [-0.05, 0) is 18.2 Å². The van der Waals surface area contributed by atoms with Gasteiger partial charge in [-0.15, -0.1) is 11.3 Å². The topological polar surface area (TPSA) is 68.3 Å². The van der Waals surface area contributed by atoms with Crippen LogP contribution in [0, 0.1) is 0 Å². The van der Waals surface area contributed by atoms with Gasteiger partial charge in [-0.3, -0.25) is 4.79 Å². The first-order chi connectivity index (χ1) is 9.11. The average molecular weight is 297 g/mol. The molecule has 0 atom stereocenters. The molecule has 2 aromatic rings. The van der Waals surface area contributed by atoms with E-state index in [1.54, 1.807) is 10.9 Å². The van der Waals surface area contributed by atoms with Crippen LogP contribution in [0.2, 0.25) is 5.02 Å². The monoisotopic (exact) mass is 296 g/mol. The second-order valence-corrected chi connectivity index (χ2v) is 4.64. The van der Waals surface area contributed by atoms with Gasteiger partial charge in [-0.1, -0.05) is 11.6 Å². The number of halogens is 1. The van der Waals surface area contributed by atoms with Crippen molar-refractivity contribution in [1.29, 1.82) is 0 Å². The van der Waals surface area contributed by atoms with E-state index >= 15 is 0 Å². The molecule has 0 saturated carbocycles. The van der Waals surface area contributed by atoms with Crippen molar-refractivity contribution in [2.75, 3.05) is 12.4 Å². The minimum atomic E-state index is -0.499. The molecule has 0 aliphatic carbocycles. The number of esters is 1. The summed E-state index contributed by atoms with van der Waals surface area (Å²) >= 11 is 7.28. The quantitative estimate of drug-likeness (QED) is 0.884. The smallest absolute Gasteiger partial charge is 0.337 e. The summed E-state index contributed by atoms with van der Waals surface area (Å²) in [6.07, 6.45) is 0. The van der Waals surface area contributed by atoms with Crippen molar-refractivity contribution >= 4 is 40.5 Å².